The van der Waals surface area contributed by atoms with Crippen molar-refractivity contribution in [3.63, 3.8) is 0 Å². The largest absolute Gasteiger partial charge is 0.497 e. The Hall–Kier alpha value is -2.90. The number of likely N-dealkylation sites (tertiary alicyclic amines) is 1. The van der Waals surface area contributed by atoms with Gasteiger partial charge >= 0.3 is 5.97 Å². The first-order valence-corrected chi connectivity index (χ1v) is 10.6. The van der Waals surface area contributed by atoms with Gasteiger partial charge in [0.1, 0.15) is 11.5 Å². The number of nitrogens with zero attached hydrogens (tertiary/aromatic N) is 2. The van der Waals surface area contributed by atoms with Crippen molar-refractivity contribution in [2.75, 3.05) is 26.8 Å². The maximum Gasteiger partial charge on any atom is 0.328 e. The number of aliphatic carboxylic acids is 1. The molecule has 7 nitrogen and oxygen atoms in total. The van der Waals surface area contributed by atoms with E-state index in [2.05, 4.69) is 17.0 Å². The highest BCUT2D eigenvalue weighted by molar-refractivity contribution is 5.86. The van der Waals surface area contributed by atoms with Gasteiger partial charge in [0.2, 0.25) is 5.91 Å². The first-order valence-electron chi connectivity index (χ1n) is 10.6. The smallest absolute Gasteiger partial charge is 0.328 e. The lowest BCUT2D eigenvalue weighted by Gasteiger charge is -2.44. The second-order valence-electron chi connectivity index (χ2n) is 8.16. The molecule has 0 aromatic heterocycles. The van der Waals surface area contributed by atoms with Gasteiger partial charge in [-0.25, -0.2) is 4.79 Å². The third kappa shape index (κ3) is 4.57. The fraction of sp³-hybridized carbons (Fsp3) is 0.417. The third-order valence-electron chi connectivity index (χ3n) is 6.22. The van der Waals surface area contributed by atoms with Crippen molar-refractivity contribution in [1.82, 2.24) is 9.80 Å². The number of carbonyl (C=O) groups excluding carboxylic acids is 1. The van der Waals surface area contributed by atoms with Gasteiger partial charge in [-0.1, -0.05) is 42.5 Å². The van der Waals surface area contributed by atoms with Gasteiger partial charge in [-0.15, -0.1) is 0 Å². The predicted molar refractivity (Wildman–Crippen MR) is 115 cm³/mol. The molecule has 7 heteroatoms. The molecule has 0 radical (unpaired) electrons. The van der Waals surface area contributed by atoms with Crippen LogP contribution in [0.5, 0.6) is 5.75 Å². The molecular weight excluding hydrogens is 396 g/mol. The van der Waals surface area contributed by atoms with E-state index in [0.717, 1.165) is 25.2 Å². The minimum Gasteiger partial charge on any atom is -0.497 e. The molecule has 1 amide bonds. The van der Waals surface area contributed by atoms with Crippen molar-refractivity contribution in [3.05, 3.63) is 65.7 Å². The highest BCUT2D eigenvalue weighted by Gasteiger charge is 2.53. The molecule has 1 unspecified atom stereocenters. The van der Waals surface area contributed by atoms with Crippen molar-refractivity contribution in [1.29, 1.82) is 0 Å². The molecule has 2 fully saturated rings. The van der Waals surface area contributed by atoms with E-state index in [1.54, 1.807) is 19.2 Å². The van der Waals surface area contributed by atoms with E-state index in [1.165, 1.54) is 10.5 Å². The minimum absolute atomic E-state index is 0.0301. The monoisotopic (exact) mass is 424 g/mol. The van der Waals surface area contributed by atoms with Crippen LogP contribution in [0.25, 0.3) is 0 Å². The Balaban J connectivity index is 1.47. The molecule has 1 spiro atoms. The summed E-state index contributed by atoms with van der Waals surface area (Å²) in [4.78, 5) is 29.0. The maximum atomic E-state index is 13.3. The van der Waals surface area contributed by atoms with Gasteiger partial charge in [-0.2, -0.15) is 0 Å². The molecule has 2 saturated heterocycles. The standard InChI is InChI=1S/C24H28N2O5/c1-30-20-9-7-18(8-10-20)15-22(27)26-21(23(28)29)17-31-24(26)11-13-25(14-12-24)16-19-5-3-2-4-6-19/h2-10,21H,11-17H2,1H3,(H,28,29). The fourth-order valence-electron chi connectivity index (χ4n) is 4.54. The van der Waals surface area contributed by atoms with E-state index in [4.69, 9.17) is 9.47 Å². The molecule has 1 atom stereocenters. The lowest BCUT2D eigenvalue weighted by molar-refractivity contribution is -0.165. The first kappa shape index (κ1) is 21.3. The number of amides is 1. The van der Waals surface area contributed by atoms with Crippen LogP contribution in [-0.2, 0) is 27.3 Å². The van der Waals surface area contributed by atoms with Gasteiger partial charge in [-0.3, -0.25) is 14.6 Å². The van der Waals surface area contributed by atoms with E-state index in [1.807, 2.05) is 30.3 Å². The van der Waals surface area contributed by atoms with Crippen LogP contribution in [0, 0.1) is 0 Å². The van der Waals surface area contributed by atoms with Gasteiger partial charge in [0.25, 0.3) is 0 Å². The molecule has 0 bridgehead atoms. The topological polar surface area (TPSA) is 79.3 Å². The highest BCUT2D eigenvalue weighted by Crippen LogP contribution is 2.38. The number of ether oxygens (including phenoxy) is 2. The molecule has 2 aliphatic rings. The fourth-order valence-corrected chi connectivity index (χ4v) is 4.54. The zero-order chi connectivity index (χ0) is 21.8. The summed E-state index contributed by atoms with van der Waals surface area (Å²) in [5.41, 5.74) is 1.21. The number of hydrogen-bond donors (Lipinski definition) is 1. The Labute approximate surface area is 182 Å². The van der Waals surface area contributed by atoms with Crippen molar-refractivity contribution in [2.24, 2.45) is 0 Å². The average Bonchev–Trinajstić information content (AvgIpc) is 3.16. The third-order valence-corrected chi connectivity index (χ3v) is 6.22. The Kier molecular flexibility index (Phi) is 6.25. The quantitative estimate of drug-likeness (QED) is 0.768. The van der Waals surface area contributed by atoms with Gasteiger partial charge < -0.3 is 14.6 Å². The number of methoxy groups -OCH3 is 1. The van der Waals surface area contributed by atoms with Crippen molar-refractivity contribution < 1.29 is 24.2 Å². The Morgan fingerprint density at radius 1 is 1.06 bits per heavy atom. The molecule has 31 heavy (non-hydrogen) atoms. The van der Waals surface area contributed by atoms with Gasteiger partial charge in [0.05, 0.1) is 20.1 Å². The van der Waals surface area contributed by atoms with E-state index in [9.17, 15) is 14.7 Å². The maximum absolute atomic E-state index is 13.3. The molecule has 164 valence electrons. The number of carboxylic acid groups (broad SMARTS) is 1. The molecule has 2 heterocycles. The van der Waals surface area contributed by atoms with E-state index >= 15 is 0 Å². The summed E-state index contributed by atoms with van der Waals surface area (Å²) in [6.07, 6.45) is 1.32. The second-order valence-corrected chi connectivity index (χ2v) is 8.16. The van der Waals surface area contributed by atoms with Crippen LogP contribution in [0.3, 0.4) is 0 Å². The number of rotatable bonds is 6. The summed E-state index contributed by atoms with van der Waals surface area (Å²) < 4.78 is 11.2. The van der Waals surface area contributed by atoms with Crippen LogP contribution < -0.4 is 4.74 Å². The lowest BCUT2D eigenvalue weighted by Crippen LogP contribution is -2.58. The van der Waals surface area contributed by atoms with E-state index in [-0.39, 0.29) is 18.9 Å². The summed E-state index contributed by atoms with van der Waals surface area (Å²) in [7, 11) is 1.59. The van der Waals surface area contributed by atoms with E-state index < -0.39 is 17.7 Å². The Morgan fingerprint density at radius 3 is 2.35 bits per heavy atom. The molecule has 2 aromatic carbocycles. The van der Waals surface area contributed by atoms with Crippen LogP contribution in [0.15, 0.2) is 54.6 Å². The number of carboxylic acids is 1. The summed E-state index contributed by atoms with van der Waals surface area (Å²) in [6, 6.07) is 16.6. The molecule has 2 aromatic rings. The van der Waals surface area contributed by atoms with Crippen molar-refractivity contribution in [3.8, 4) is 5.75 Å². The summed E-state index contributed by atoms with van der Waals surface area (Å²) in [5.74, 6) is -0.523. The van der Waals surface area contributed by atoms with Crippen LogP contribution in [-0.4, -0.2) is 65.4 Å². The number of piperidine rings is 1. The molecular formula is C24H28N2O5. The molecule has 0 aliphatic carbocycles. The number of carbonyl (C=O) groups is 2. The summed E-state index contributed by atoms with van der Waals surface area (Å²) in [6.45, 7) is 2.35. The summed E-state index contributed by atoms with van der Waals surface area (Å²) in [5, 5.41) is 9.73. The summed E-state index contributed by atoms with van der Waals surface area (Å²) >= 11 is 0. The predicted octanol–water partition coefficient (Wildman–Crippen LogP) is 2.54. The van der Waals surface area contributed by atoms with Crippen molar-refractivity contribution >= 4 is 11.9 Å². The van der Waals surface area contributed by atoms with Crippen LogP contribution in [0.2, 0.25) is 0 Å². The average molecular weight is 424 g/mol. The van der Waals surface area contributed by atoms with Crippen LogP contribution in [0.1, 0.15) is 24.0 Å². The number of benzene rings is 2. The Bertz CT molecular complexity index is 907. The SMILES string of the molecule is COc1ccc(CC(=O)N2C(C(=O)O)COC23CCN(Cc2ccccc2)CC3)cc1. The number of hydrogen-bond acceptors (Lipinski definition) is 5. The molecule has 0 saturated carbocycles. The Morgan fingerprint density at radius 2 is 1.74 bits per heavy atom. The lowest BCUT2D eigenvalue weighted by atomic mass is 9.96. The molecule has 1 N–H and O–H groups in total. The van der Waals surface area contributed by atoms with Gasteiger partial charge in [0.15, 0.2) is 6.04 Å². The minimum atomic E-state index is -1.02. The second kappa shape index (κ2) is 9.08. The normalized spacial score (nSPS) is 20.7. The molecule has 4 rings (SSSR count). The highest BCUT2D eigenvalue weighted by atomic mass is 16.5. The van der Waals surface area contributed by atoms with Crippen molar-refractivity contribution in [2.45, 2.75) is 37.6 Å². The first-order chi connectivity index (χ1) is 15.0. The van der Waals surface area contributed by atoms with Crippen LogP contribution in [0.4, 0.5) is 0 Å². The zero-order valence-electron chi connectivity index (χ0n) is 17.7. The van der Waals surface area contributed by atoms with E-state index in [0.29, 0.717) is 18.6 Å². The van der Waals surface area contributed by atoms with Gasteiger partial charge in [0, 0.05) is 32.5 Å². The zero-order valence-corrected chi connectivity index (χ0v) is 17.7. The molecule has 2 aliphatic heterocycles. The van der Waals surface area contributed by atoms with Crippen LogP contribution >= 0.6 is 0 Å². The van der Waals surface area contributed by atoms with Gasteiger partial charge in [-0.05, 0) is 23.3 Å².